The standard InChI is InChI=1S/C16H26N2O3/c1-11(2)21-8-6-5-7-18-13-9-12(3)15(17)14(10-13)16(19)20-4/h9-11,18H,5-8,17H2,1-4H3. The van der Waals surface area contributed by atoms with Gasteiger partial charge in [-0.1, -0.05) is 0 Å². The topological polar surface area (TPSA) is 73.6 Å². The van der Waals surface area contributed by atoms with Crippen molar-refractivity contribution in [3.05, 3.63) is 23.3 Å². The van der Waals surface area contributed by atoms with Crippen molar-refractivity contribution >= 4 is 17.3 Å². The Morgan fingerprint density at radius 1 is 1.33 bits per heavy atom. The fraction of sp³-hybridized carbons (Fsp3) is 0.562. The molecule has 1 rings (SSSR count). The number of carbonyl (C=O) groups excluding carboxylic acids is 1. The smallest absolute Gasteiger partial charge is 0.340 e. The van der Waals surface area contributed by atoms with Crippen LogP contribution in [-0.2, 0) is 9.47 Å². The number of carbonyl (C=O) groups is 1. The zero-order valence-electron chi connectivity index (χ0n) is 13.4. The molecule has 0 aliphatic carbocycles. The first-order valence-corrected chi connectivity index (χ1v) is 7.29. The van der Waals surface area contributed by atoms with Crippen LogP contribution in [0.2, 0.25) is 0 Å². The van der Waals surface area contributed by atoms with Crippen LogP contribution in [0.4, 0.5) is 11.4 Å². The van der Waals surface area contributed by atoms with Gasteiger partial charge in [0.1, 0.15) is 0 Å². The number of ether oxygens (including phenoxy) is 2. The Morgan fingerprint density at radius 2 is 2.05 bits per heavy atom. The highest BCUT2D eigenvalue weighted by molar-refractivity contribution is 5.97. The molecule has 0 saturated heterocycles. The quantitative estimate of drug-likeness (QED) is 0.438. The van der Waals surface area contributed by atoms with Gasteiger partial charge in [-0.3, -0.25) is 0 Å². The number of methoxy groups -OCH3 is 1. The molecule has 0 radical (unpaired) electrons. The van der Waals surface area contributed by atoms with Gasteiger partial charge in [0.2, 0.25) is 0 Å². The number of hydrogen-bond donors (Lipinski definition) is 2. The van der Waals surface area contributed by atoms with Crippen LogP contribution in [0.1, 0.15) is 42.6 Å². The molecule has 0 atom stereocenters. The molecule has 0 aliphatic rings. The van der Waals surface area contributed by atoms with Gasteiger partial charge < -0.3 is 20.5 Å². The first-order chi connectivity index (χ1) is 9.95. The van der Waals surface area contributed by atoms with E-state index in [4.69, 9.17) is 15.2 Å². The van der Waals surface area contributed by atoms with Gasteiger partial charge in [0.15, 0.2) is 0 Å². The lowest BCUT2D eigenvalue weighted by Crippen LogP contribution is -2.10. The Kier molecular flexibility index (Phi) is 7.02. The number of unbranched alkanes of at least 4 members (excludes halogenated alkanes) is 1. The van der Waals surface area contributed by atoms with Crippen molar-refractivity contribution in [3.63, 3.8) is 0 Å². The molecule has 0 fully saturated rings. The second kappa shape index (κ2) is 8.52. The molecular weight excluding hydrogens is 268 g/mol. The molecule has 0 amide bonds. The number of aryl methyl sites for hydroxylation is 1. The SMILES string of the molecule is COC(=O)c1cc(NCCCCOC(C)C)cc(C)c1N. The normalized spacial score (nSPS) is 10.7. The Balaban J connectivity index is 2.52. The number of nitrogens with two attached hydrogens (primary N) is 1. The maximum absolute atomic E-state index is 11.7. The van der Waals surface area contributed by atoms with E-state index in [1.807, 2.05) is 26.8 Å². The summed E-state index contributed by atoms with van der Waals surface area (Å²) in [5, 5.41) is 3.30. The van der Waals surface area contributed by atoms with Gasteiger partial charge in [-0.2, -0.15) is 0 Å². The summed E-state index contributed by atoms with van der Waals surface area (Å²) in [4.78, 5) is 11.7. The fourth-order valence-corrected chi connectivity index (χ4v) is 1.96. The van der Waals surface area contributed by atoms with Gasteiger partial charge in [0, 0.05) is 24.5 Å². The number of anilines is 2. The van der Waals surface area contributed by atoms with E-state index in [0.717, 1.165) is 37.2 Å². The molecule has 1 aromatic rings. The molecule has 5 nitrogen and oxygen atoms in total. The summed E-state index contributed by atoms with van der Waals surface area (Å²) in [6, 6.07) is 3.67. The van der Waals surface area contributed by atoms with Gasteiger partial charge in [-0.05, 0) is 51.3 Å². The third kappa shape index (κ3) is 5.63. The minimum absolute atomic E-state index is 0.278. The zero-order valence-corrected chi connectivity index (χ0v) is 13.4. The third-order valence-corrected chi connectivity index (χ3v) is 3.14. The molecule has 1 aromatic carbocycles. The Hall–Kier alpha value is -1.75. The summed E-state index contributed by atoms with van der Waals surface area (Å²) < 4.78 is 10.2. The second-order valence-corrected chi connectivity index (χ2v) is 5.30. The molecule has 118 valence electrons. The van der Waals surface area contributed by atoms with Gasteiger partial charge in [0.25, 0.3) is 0 Å². The molecular formula is C16H26N2O3. The molecule has 0 bridgehead atoms. The third-order valence-electron chi connectivity index (χ3n) is 3.14. The Labute approximate surface area is 126 Å². The molecule has 0 aromatic heterocycles. The minimum atomic E-state index is -0.412. The first kappa shape index (κ1) is 17.3. The highest BCUT2D eigenvalue weighted by atomic mass is 16.5. The van der Waals surface area contributed by atoms with Gasteiger partial charge in [-0.15, -0.1) is 0 Å². The summed E-state index contributed by atoms with van der Waals surface area (Å²) in [6.45, 7) is 7.54. The summed E-state index contributed by atoms with van der Waals surface area (Å²) >= 11 is 0. The lowest BCUT2D eigenvalue weighted by molar-refractivity contribution is 0.0602. The number of benzene rings is 1. The van der Waals surface area contributed by atoms with Crippen molar-refractivity contribution in [2.24, 2.45) is 0 Å². The van der Waals surface area contributed by atoms with Crippen molar-refractivity contribution in [1.29, 1.82) is 0 Å². The van der Waals surface area contributed by atoms with E-state index >= 15 is 0 Å². The van der Waals surface area contributed by atoms with Crippen molar-refractivity contribution in [2.45, 2.75) is 39.7 Å². The van der Waals surface area contributed by atoms with Crippen LogP contribution < -0.4 is 11.1 Å². The first-order valence-electron chi connectivity index (χ1n) is 7.29. The molecule has 3 N–H and O–H groups in total. The average molecular weight is 294 g/mol. The Morgan fingerprint density at radius 3 is 2.67 bits per heavy atom. The minimum Gasteiger partial charge on any atom is -0.465 e. The maximum atomic E-state index is 11.7. The average Bonchev–Trinajstić information content (AvgIpc) is 2.45. The predicted octanol–water partition coefficient (Wildman–Crippen LogP) is 2.98. The van der Waals surface area contributed by atoms with Crippen LogP contribution in [0.25, 0.3) is 0 Å². The van der Waals surface area contributed by atoms with Gasteiger partial charge in [-0.25, -0.2) is 4.79 Å². The largest absolute Gasteiger partial charge is 0.465 e. The zero-order chi connectivity index (χ0) is 15.8. The van der Waals surface area contributed by atoms with Crippen LogP contribution in [0.15, 0.2) is 12.1 Å². The molecule has 21 heavy (non-hydrogen) atoms. The van der Waals surface area contributed by atoms with Crippen LogP contribution in [-0.4, -0.2) is 32.3 Å². The predicted molar refractivity (Wildman–Crippen MR) is 85.7 cm³/mol. The lowest BCUT2D eigenvalue weighted by Gasteiger charge is -2.12. The number of hydrogen-bond acceptors (Lipinski definition) is 5. The number of nitrogens with one attached hydrogen (secondary N) is 1. The van der Waals surface area contributed by atoms with Crippen LogP contribution in [0, 0.1) is 6.92 Å². The number of esters is 1. The fourth-order valence-electron chi connectivity index (χ4n) is 1.96. The van der Waals surface area contributed by atoms with E-state index in [1.54, 1.807) is 6.07 Å². The van der Waals surface area contributed by atoms with Gasteiger partial charge in [0.05, 0.1) is 18.8 Å². The van der Waals surface area contributed by atoms with E-state index < -0.39 is 5.97 Å². The van der Waals surface area contributed by atoms with E-state index in [0.29, 0.717) is 11.3 Å². The van der Waals surface area contributed by atoms with E-state index in [2.05, 4.69) is 5.32 Å². The molecule has 0 aliphatic heterocycles. The van der Waals surface area contributed by atoms with Crippen molar-refractivity contribution < 1.29 is 14.3 Å². The van der Waals surface area contributed by atoms with E-state index in [9.17, 15) is 4.79 Å². The van der Waals surface area contributed by atoms with E-state index in [-0.39, 0.29) is 6.10 Å². The molecule has 0 saturated carbocycles. The number of nitrogen functional groups attached to an aromatic ring is 1. The summed E-state index contributed by atoms with van der Waals surface area (Å²) in [6.07, 6.45) is 2.28. The molecule has 0 heterocycles. The second-order valence-electron chi connectivity index (χ2n) is 5.30. The van der Waals surface area contributed by atoms with E-state index in [1.165, 1.54) is 7.11 Å². The Bertz CT molecular complexity index is 473. The lowest BCUT2D eigenvalue weighted by atomic mass is 10.1. The molecule has 0 spiro atoms. The summed E-state index contributed by atoms with van der Waals surface area (Å²) in [5.41, 5.74) is 8.53. The van der Waals surface area contributed by atoms with Crippen LogP contribution in [0.5, 0.6) is 0 Å². The van der Waals surface area contributed by atoms with Crippen LogP contribution in [0.3, 0.4) is 0 Å². The summed E-state index contributed by atoms with van der Waals surface area (Å²) in [7, 11) is 1.35. The van der Waals surface area contributed by atoms with Crippen LogP contribution >= 0.6 is 0 Å². The molecule has 0 unspecified atom stereocenters. The van der Waals surface area contributed by atoms with Crippen molar-refractivity contribution in [1.82, 2.24) is 0 Å². The highest BCUT2D eigenvalue weighted by Crippen LogP contribution is 2.23. The monoisotopic (exact) mass is 294 g/mol. The molecule has 5 heteroatoms. The van der Waals surface area contributed by atoms with Crippen molar-refractivity contribution in [3.8, 4) is 0 Å². The van der Waals surface area contributed by atoms with Crippen molar-refractivity contribution in [2.75, 3.05) is 31.3 Å². The maximum Gasteiger partial charge on any atom is 0.340 e. The number of rotatable bonds is 8. The highest BCUT2D eigenvalue weighted by Gasteiger charge is 2.13. The van der Waals surface area contributed by atoms with Gasteiger partial charge >= 0.3 is 5.97 Å². The summed E-state index contributed by atoms with van der Waals surface area (Å²) in [5.74, 6) is -0.412.